The van der Waals surface area contributed by atoms with E-state index in [-0.39, 0.29) is 6.03 Å². The van der Waals surface area contributed by atoms with Gasteiger partial charge in [-0.15, -0.1) is 0 Å². The van der Waals surface area contributed by atoms with Gasteiger partial charge in [0.25, 0.3) is 0 Å². The van der Waals surface area contributed by atoms with Crippen LogP contribution in [-0.4, -0.2) is 17.2 Å². The zero-order valence-corrected chi connectivity index (χ0v) is 13.7. The third-order valence-corrected chi connectivity index (χ3v) is 3.35. The fourth-order valence-electron chi connectivity index (χ4n) is 2.07. The van der Waals surface area contributed by atoms with Crippen LogP contribution in [0.25, 0.3) is 0 Å². The molecule has 0 fully saturated rings. The van der Waals surface area contributed by atoms with Crippen molar-refractivity contribution in [2.75, 3.05) is 0 Å². The van der Waals surface area contributed by atoms with Gasteiger partial charge in [-0.25, -0.2) is 4.79 Å². The molecular weight excluding hydrogens is 290 g/mol. The highest BCUT2D eigenvalue weighted by molar-refractivity contribution is 5.73. The first-order chi connectivity index (χ1) is 11.0. The van der Waals surface area contributed by atoms with Crippen molar-refractivity contribution in [3.05, 3.63) is 59.9 Å². The lowest BCUT2D eigenvalue weighted by atomic mass is 10.0. The smallest absolute Gasteiger partial charge is 0.317 e. The molecule has 2 N–H and O–H groups in total. The molecule has 1 atom stereocenters. The summed E-state index contributed by atoms with van der Waals surface area (Å²) in [6.07, 6.45) is 1.27. The van der Waals surface area contributed by atoms with Gasteiger partial charge in [0, 0.05) is 6.20 Å². The number of nitrogens with one attached hydrogen (secondary N) is 2. The van der Waals surface area contributed by atoms with Crippen LogP contribution in [0.2, 0.25) is 0 Å². The fraction of sp³-hybridized carbons (Fsp3) is 0.333. The average molecular weight is 313 g/mol. The van der Waals surface area contributed by atoms with Crippen molar-refractivity contribution in [1.29, 1.82) is 0 Å². The SMILES string of the molecule is CC(NC(=O)NCc1ccccn1)Oc1ccc(C(C)C)cc1. The highest BCUT2D eigenvalue weighted by Gasteiger charge is 2.08. The molecule has 1 aromatic heterocycles. The van der Waals surface area contributed by atoms with E-state index in [9.17, 15) is 4.79 Å². The van der Waals surface area contributed by atoms with E-state index in [1.165, 1.54) is 5.56 Å². The van der Waals surface area contributed by atoms with Crippen molar-refractivity contribution in [2.24, 2.45) is 0 Å². The second kappa shape index (κ2) is 8.17. The first kappa shape index (κ1) is 16.8. The summed E-state index contributed by atoms with van der Waals surface area (Å²) in [5.41, 5.74) is 2.06. The monoisotopic (exact) mass is 313 g/mol. The summed E-state index contributed by atoms with van der Waals surface area (Å²) in [4.78, 5) is 16.0. The van der Waals surface area contributed by atoms with Gasteiger partial charge in [0.2, 0.25) is 0 Å². The average Bonchev–Trinajstić information content (AvgIpc) is 2.54. The van der Waals surface area contributed by atoms with Gasteiger partial charge in [-0.1, -0.05) is 32.0 Å². The van der Waals surface area contributed by atoms with Crippen molar-refractivity contribution >= 4 is 6.03 Å². The summed E-state index contributed by atoms with van der Waals surface area (Å²) in [6.45, 7) is 6.46. The predicted molar refractivity (Wildman–Crippen MR) is 90.2 cm³/mol. The highest BCUT2D eigenvalue weighted by atomic mass is 16.5. The highest BCUT2D eigenvalue weighted by Crippen LogP contribution is 2.19. The number of ether oxygens (including phenoxy) is 1. The number of rotatable bonds is 6. The van der Waals surface area contributed by atoms with E-state index < -0.39 is 6.23 Å². The summed E-state index contributed by atoms with van der Waals surface area (Å²) in [5, 5.41) is 5.48. The maximum Gasteiger partial charge on any atom is 0.317 e. The number of aromatic nitrogens is 1. The molecule has 0 aliphatic carbocycles. The first-order valence-corrected chi connectivity index (χ1v) is 7.75. The minimum atomic E-state index is -0.427. The van der Waals surface area contributed by atoms with Crippen molar-refractivity contribution < 1.29 is 9.53 Å². The van der Waals surface area contributed by atoms with Crippen molar-refractivity contribution in [3.8, 4) is 5.75 Å². The second-order valence-electron chi connectivity index (χ2n) is 5.63. The third kappa shape index (κ3) is 5.62. The number of urea groups is 1. The largest absolute Gasteiger partial charge is 0.471 e. The number of nitrogens with zero attached hydrogens (tertiary/aromatic N) is 1. The van der Waals surface area contributed by atoms with Crippen molar-refractivity contribution in [1.82, 2.24) is 15.6 Å². The summed E-state index contributed by atoms with van der Waals surface area (Å²) in [5.74, 6) is 1.21. The zero-order valence-electron chi connectivity index (χ0n) is 13.7. The van der Waals surface area contributed by atoms with Crippen LogP contribution in [0, 0.1) is 0 Å². The van der Waals surface area contributed by atoms with Gasteiger partial charge in [0.05, 0.1) is 12.2 Å². The lowest BCUT2D eigenvalue weighted by Crippen LogP contribution is -2.43. The van der Waals surface area contributed by atoms with Crippen LogP contribution < -0.4 is 15.4 Å². The van der Waals surface area contributed by atoms with Gasteiger partial charge < -0.3 is 15.4 Å². The van der Waals surface area contributed by atoms with E-state index >= 15 is 0 Å². The molecule has 1 unspecified atom stereocenters. The van der Waals surface area contributed by atoms with Crippen LogP contribution >= 0.6 is 0 Å². The number of pyridine rings is 1. The topological polar surface area (TPSA) is 63.2 Å². The predicted octanol–water partition coefficient (Wildman–Crippen LogP) is 3.43. The van der Waals surface area contributed by atoms with Crippen LogP contribution in [-0.2, 0) is 6.54 Å². The second-order valence-corrected chi connectivity index (χ2v) is 5.63. The molecule has 0 spiro atoms. The van der Waals surface area contributed by atoms with E-state index in [0.717, 1.165) is 11.4 Å². The molecule has 122 valence electrons. The van der Waals surface area contributed by atoms with E-state index in [4.69, 9.17) is 4.74 Å². The normalized spacial score (nSPS) is 11.8. The molecular formula is C18H23N3O2. The maximum absolute atomic E-state index is 11.8. The standard InChI is InChI=1S/C18H23N3O2/c1-13(2)15-7-9-17(10-8-15)23-14(3)21-18(22)20-12-16-6-4-5-11-19-16/h4-11,13-14H,12H2,1-3H3,(H2,20,21,22). The van der Waals surface area contributed by atoms with Gasteiger partial charge in [0.1, 0.15) is 5.75 Å². The Balaban J connectivity index is 1.77. The summed E-state index contributed by atoms with van der Waals surface area (Å²) < 4.78 is 5.68. The van der Waals surface area contributed by atoms with Gasteiger partial charge in [-0.05, 0) is 42.7 Å². The van der Waals surface area contributed by atoms with Crippen LogP contribution in [0.3, 0.4) is 0 Å². The quantitative estimate of drug-likeness (QED) is 0.803. The minimum absolute atomic E-state index is 0.290. The van der Waals surface area contributed by atoms with Crippen LogP contribution in [0.1, 0.15) is 37.9 Å². The fourth-order valence-corrected chi connectivity index (χ4v) is 2.07. The molecule has 0 saturated carbocycles. The molecule has 0 radical (unpaired) electrons. The number of carbonyl (C=O) groups is 1. The summed E-state index contributed by atoms with van der Waals surface area (Å²) in [7, 11) is 0. The first-order valence-electron chi connectivity index (χ1n) is 7.75. The zero-order chi connectivity index (χ0) is 16.7. The molecule has 2 aromatic rings. The molecule has 23 heavy (non-hydrogen) atoms. The van der Waals surface area contributed by atoms with Crippen molar-refractivity contribution in [2.45, 2.75) is 39.5 Å². The Hall–Kier alpha value is -2.56. The van der Waals surface area contributed by atoms with E-state index in [2.05, 4.69) is 29.5 Å². The van der Waals surface area contributed by atoms with Crippen LogP contribution in [0.5, 0.6) is 5.75 Å². The molecule has 1 aromatic carbocycles. The summed E-state index contributed by atoms with van der Waals surface area (Å²) in [6, 6.07) is 13.2. The van der Waals surface area contributed by atoms with Crippen molar-refractivity contribution in [3.63, 3.8) is 0 Å². The van der Waals surface area contributed by atoms with Gasteiger partial charge in [-0.2, -0.15) is 0 Å². The molecule has 1 heterocycles. The Morgan fingerprint density at radius 1 is 1.13 bits per heavy atom. The van der Waals surface area contributed by atoms with E-state index in [1.807, 2.05) is 42.5 Å². The Morgan fingerprint density at radius 2 is 1.87 bits per heavy atom. The number of hydrogen-bond acceptors (Lipinski definition) is 3. The number of amides is 2. The number of carbonyl (C=O) groups excluding carboxylic acids is 1. The van der Waals surface area contributed by atoms with E-state index in [0.29, 0.717) is 12.5 Å². The molecule has 2 amide bonds. The molecule has 2 rings (SSSR count). The Kier molecular flexibility index (Phi) is 5.97. The molecule has 5 heteroatoms. The molecule has 0 aliphatic heterocycles. The van der Waals surface area contributed by atoms with Crippen LogP contribution in [0.4, 0.5) is 4.79 Å². The Labute approximate surface area is 137 Å². The maximum atomic E-state index is 11.8. The lowest BCUT2D eigenvalue weighted by molar-refractivity contribution is 0.177. The molecule has 5 nitrogen and oxygen atoms in total. The lowest BCUT2D eigenvalue weighted by Gasteiger charge is -2.17. The minimum Gasteiger partial charge on any atom is -0.471 e. The van der Waals surface area contributed by atoms with Crippen LogP contribution in [0.15, 0.2) is 48.7 Å². The Bertz CT molecular complexity index is 612. The van der Waals surface area contributed by atoms with Gasteiger partial charge in [0.15, 0.2) is 6.23 Å². The number of hydrogen-bond donors (Lipinski definition) is 2. The van der Waals surface area contributed by atoms with Gasteiger partial charge >= 0.3 is 6.03 Å². The summed E-state index contributed by atoms with van der Waals surface area (Å²) >= 11 is 0. The molecule has 0 bridgehead atoms. The molecule has 0 saturated heterocycles. The molecule has 0 aliphatic rings. The van der Waals surface area contributed by atoms with Gasteiger partial charge in [-0.3, -0.25) is 4.98 Å². The van der Waals surface area contributed by atoms with E-state index in [1.54, 1.807) is 13.1 Å². The Morgan fingerprint density at radius 3 is 2.48 bits per heavy atom. The third-order valence-electron chi connectivity index (χ3n) is 3.35. The number of benzene rings is 1.